The fourth-order valence-electron chi connectivity index (χ4n) is 3.28. The molecule has 3 heterocycles. The average Bonchev–Trinajstić information content (AvgIpc) is 3.23. The third-order valence-electron chi connectivity index (χ3n) is 4.54. The lowest BCUT2D eigenvalue weighted by molar-refractivity contribution is -0.137. The van der Waals surface area contributed by atoms with E-state index in [0.717, 1.165) is 37.5 Å². The minimum absolute atomic E-state index is 0.324. The largest absolute Gasteiger partial charge is 0.416 e. The van der Waals surface area contributed by atoms with Crippen LogP contribution in [0.5, 0.6) is 0 Å². The first-order valence-electron chi connectivity index (χ1n) is 8.07. The van der Waals surface area contributed by atoms with Gasteiger partial charge in [-0.25, -0.2) is 4.31 Å². The molecule has 2 aromatic rings. The number of piperazine rings is 1. The van der Waals surface area contributed by atoms with Crippen molar-refractivity contribution >= 4 is 11.9 Å². The van der Waals surface area contributed by atoms with E-state index in [2.05, 4.69) is 24.7 Å². The van der Waals surface area contributed by atoms with E-state index in [0.29, 0.717) is 24.1 Å². The zero-order valence-corrected chi connectivity index (χ0v) is 14.2. The molecule has 2 saturated heterocycles. The van der Waals surface area contributed by atoms with E-state index in [4.69, 9.17) is 0 Å². The third kappa shape index (κ3) is 3.51. The smallest absolute Gasteiger partial charge is 0.293 e. The highest BCUT2D eigenvalue weighted by Crippen LogP contribution is 2.31. The molecule has 0 N–H and O–H groups in total. The summed E-state index contributed by atoms with van der Waals surface area (Å²) in [4.78, 5) is 2.27. The van der Waals surface area contributed by atoms with E-state index in [-0.39, 0.29) is 0 Å². The first-order chi connectivity index (χ1) is 12.0. The molecule has 0 amide bonds. The van der Waals surface area contributed by atoms with Crippen LogP contribution in [0.15, 0.2) is 24.3 Å². The number of alkyl halides is 3. The minimum Gasteiger partial charge on any atom is -0.293 e. The Labute approximate surface area is 147 Å². The Morgan fingerprint density at radius 2 is 2.12 bits per heavy atom. The SMILES string of the molecule is FC(F)(F)c1cccc(-n2nnnc2CN2CCN3SCCC3C2)c1. The van der Waals surface area contributed by atoms with Gasteiger partial charge in [0.1, 0.15) is 0 Å². The van der Waals surface area contributed by atoms with E-state index in [1.54, 1.807) is 6.07 Å². The van der Waals surface area contributed by atoms with Gasteiger partial charge in [-0.1, -0.05) is 18.0 Å². The molecule has 2 aliphatic rings. The lowest BCUT2D eigenvalue weighted by Crippen LogP contribution is -2.47. The van der Waals surface area contributed by atoms with Crippen molar-refractivity contribution in [2.24, 2.45) is 0 Å². The van der Waals surface area contributed by atoms with Crippen molar-refractivity contribution in [2.75, 3.05) is 25.4 Å². The second-order valence-electron chi connectivity index (χ2n) is 6.21. The normalized spacial score (nSPS) is 22.3. The molecule has 6 nitrogen and oxygen atoms in total. The van der Waals surface area contributed by atoms with Gasteiger partial charge in [0.2, 0.25) is 0 Å². The molecule has 1 aromatic carbocycles. The van der Waals surface area contributed by atoms with Crippen molar-refractivity contribution in [3.05, 3.63) is 35.7 Å². The van der Waals surface area contributed by atoms with Gasteiger partial charge in [-0.05, 0) is 35.0 Å². The highest BCUT2D eigenvalue weighted by Gasteiger charge is 2.33. The molecule has 1 atom stereocenters. The highest BCUT2D eigenvalue weighted by molar-refractivity contribution is 7.97. The van der Waals surface area contributed by atoms with Crippen LogP contribution in [0.2, 0.25) is 0 Å². The highest BCUT2D eigenvalue weighted by atomic mass is 32.2. The summed E-state index contributed by atoms with van der Waals surface area (Å²) in [7, 11) is 0. The maximum absolute atomic E-state index is 12.9. The van der Waals surface area contributed by atoms with Gasteiger partial charge in [-0.2, -0.15) is 17.9 Å². The maximum atomic E-state index is 12.9. The first-order valence-corrected chi connectivity index (χ1v) is 9.02. The number of rotatable bonds is 3. The number of aromatic nitrogens is 4. The standard InChI is InChI=1S/C15H17F3N6S/c16-15(17,18)11-2-1-3-12(8-11)24-14(19-20-21-24)10-22-5-6-23-13(9-22)4-7-25-23/h1-3,8,13H,4-7,9-10H2. The Balaban J connectivity index is 1.53. The van der Waals surface area contributed by atoms with Crippen molar-refractivity contribution in [2.45, 2.75) is 25.2 Å². The molecule has 2 fully saturated rings. The van der Waals surface area contributed by atoms with Gasteiger partial charge in [0.25, 0.3) is 0 Å². The van der Waals surface area contributed by atoms with Crippen molar-refractivity contribution in [1.29, 1.82) is 0 Å². The summed E-state index contributed by atoms with van der Waals surface area (Å²) in [6, 6.07) is 5.62. The summed E-state index contributed by atoms with van der Waals surface area (Å²) >= 11 is 1.89. The lowest BCUT2D eigenvalue weighted by atomic mass is 10.1. The molecular formula is C15H17F3N6S. The van der Waals surface area contributed by atoms with Crippen LogP contribution in [0.3, 0.4) is 0 Å². The van der Waals surface area contributed by atoms with Crippen LogP contribution in [0.25, 0.3) is 5.69 Å². The minimum atomic E-state index is -4.39. The summed E-state index contributed by atoms with van der Waals surface area (Å²) in [6.45, 7) is 3.35. The second kappa shape index (κ2) is 6.58. The Bertz CT molecular complexity index is 749. The quantitative estimate of drug-likeness (QED) is 0.773. The number of hydrogen-bond acceptors (Lipinski definition) is 6. The van der Waals surface area contributed by atoms with Crippen LogP contribution in [0.4, 0.5) is 13.2 Å². The zero-order valence-electron chi connectivity index (χ0n) is 13.4. The molecular weight excluding hydrogens is 353 g/mol. The van der Waals surface area contributed by atoms with E-state index in [9.17, 15) is 13.2 Å². The summed E-state index contributed by atoms with van der Waals surface area (Å²) < 4.78 is 42.6. The molecule has 0 bridgehead atoms. The predicted octanol–water partition coefficient (Wildman–Crippen LogP) is 2.22. The van der Waals surface area contributed by atoms with Gasteiger partial charge in [-0.15, -0.1) is 5.10 Å². The molecule has 0 radical (unpaired) electrons. The lowest BCUT2D eigenvalue weighted by Gasteiger charge is -2.36. The van der Waals surface area contributed by atoms with E-state index >= 15 is 0 Å². The number of tetrazole rings is 1. The summed E-state index contributed by atoms with van der Waals surface area (Å²) in [5.74, 6) is 1.71. The van der Waals surface area contributed by atoms with E-state index in [1.807, 2.05) is 11.9 Å². The monoisotopic (exact) mass is 370 g/mol. The second-order valence-corrected chi connectivity index (χ2v) is 7.34. The summed E-state index contributed by atoms with van der Waals surface area (Å²) in [6.07, 6.45) is -3.22. The number of fused-ring (bicyclic) bond motifs is 1. The number of benzene rings is 1. The van der Waals surface area contributed by atoms with Crippen molar-refractivity contribution in [3.8, 4) is 5.69 Å². The van der Waals surface area contributed by atoms with Gasteiger partial charge in [-0.3, -0.25) is 4.90 Å². The van der Waals surface area contributed by atoms with E-state index in [1.165, 1.54) is 17.2 Å². The van der Waals surface area contributed by atoms with Gasteiger partial charge in [0, 0.05) is 31.4 Å². The molecule has 1 aromatic heterocycles. The van der Waals surface area contributed by atoms with Gasteiger partial charge in [0.05, 0.1) is 17.8 Å². The number of nitrogens with zero attached hydrogens (tertiary/aromatic N) is 6. The van der Waals surface area contributed by atoms with Crippen molar-refractivity contribution in [3.63, 3.8) is 0 Å². The van der Waals surface area contributed by atoms with Crippen LogP contribution in [-0.2, 0) is 12.7 Å². The zero-order chi connectivity index (χ0) is 17.4. The predicted molar refractivity (Wildman–Crippen MR) is 87.0 cm³/mol. The third-order valence-corrected chi connectivity index (χ3v) is 5.77. The summed E-state index contributed by atoms with van der Waals surface area (Å²) in [5, 5.41) is 11.6. The number of hydrogen-bond donors (Lipinski definition) is 0. The molecule has 0 saturated carbocycles. The van der Waals surface area contributed by atoms with E-state index < -0.39 is 11.7 Å². The molecule has 10 heteroatoms. The molecule has 0 spiro atoms. The first kappa shape index (κ1) is 16.8. The van der Waals surface area contributed by atoms with Crippen LogP contribution >= 0.6 is 11.9 Å². The Morgan fingerprint density at radius 3 is 2.96 bits per heavy atom. The molecule has 1 unspecified atom stereocenters. The maximum Gasteiger partial charge on any atom is 0.416 e. The van der Waals surface area contributed by atoms with Crippen LogP contribution in [0.1, 0.15) is 17.8 Å². The van der Waals surface area contributed by atoms with Crippen LogP contribution in [-0.4, -0.2) is 60.8 Å². The Hall–Kier alpha value is -1.65. The molecule has 0 aliphatic carbocycles. The van der Waals surface area contributed by atoms with Crippen molar-refractivity contribution < 1.29 is 13.2 Å². The topological polar surface area (TPSA) is 50.1 Å². The fraction of sp³-hybridized carbons (Fsp3) is 0.533. The van der Waals surface area contributed by atoms with Crippen molar-refractivity contribution in [1.82, 2.24) is 29.4 Å². The molecule has 25 heavy (non-hydrogen) atoms. The molecule has 134 valence electrons. The van der Waals surface area contributed by atoms with Crippen LogP contribution < -0.4 is 0 Å². The average molecular weight is 370 g/mol. The van der Waals surface area contributed by atoms with Gasteiger partial charge in [0.15, 0.2) is 5.82 Å². The number of halogens is 3. The Kier molecular flexibility index (Phi) is 4.42. The fourth-order valence-corrected chi connectivity index (χ4v) is 4.48. The Morgan fingerprint density at radius 1 is 1.24 bits per heavy atom. The van der Waals surface area contributed by atoms with Gasteiger partial charge < -0.3 is 0 Å². The molecule has 2 aliphatic heterocycles. The summed E-state index contributed by atoms with van der Waals surface area (Å²) in [5.41, 5.74) is -0.382. The van der Waals surface area contributed by atoms with Crippen LogP contribution in [0, 0.1) is 0 Å². The molecule has 4 rings (SSSR count). The van der Waals surface area contributed by atoms with Gasteiger partial charge >= 0.3 is 6.18 Å².